The smallest absolute Gasteiger partial charge is 0.0290 e. The summed E-state index contributed by atoms with van der Waals surface area (Å²) in [5.41, 5.74) is 15.7. The van der Waals surface area contributed by atoms with Crippen LogP contribution in [0.1, 0.15) is 29.5 Å². The maximum absolute atomic E-state index is 5.76. The molecular formula is C14H23N3. The molecule has 0 saturated heterocycles. The van der Waals surface area contributed by atoms with Crippen LogP contribution in [0.2, 0.25) is 0 Å². The lowest BCUT2D eigenvalue weighted by Crippen LogP contribution is -2.39. The molecule has 1 aliphatic carbocycles. The fraction of sp³-hybridized carbons (Fsp3) is 0.571. The van der Waals surface area contributed by atoms with Gasteiger partial charge in [-0.3, -0.25) is 0 Å². The molecule has 1 aromatic rings. The van der Waals surface area contributed by atoms with Crippen LogP contribution in [0.5, 0.6) is 0 Å². The van der Waals surface area contributed by atoms with Gasteiger partial charge in [0.25, 0.3) is 0 Å². The van der Waals surface area contributed by atoms with Crippen molar-refractivity contribution >= 4 is 0 Å². The number of nitrogens with one attached hydrogen (secondary N) is 1. The van der Waals surface area contributed by atoms with Crippen molar-refractivity contribution < 1.29 is 0 Å². The third-order valence-corrected chi connectivity index (χ3v) is 3.45. The highest BCUT2D eigenvalue weighted by Crippen LogP contribution is 2.22. The van der Waals surface area contributed by atoms with Crippen LogP contribution in [0, 0.1) is 0 Å². The van der Waals surface area contributed by atoms with E-state index in [1.54, 1.807) is 11.1 Å². The van der Waals surface area contributed by atoms with Crippen molar-refractivity contribution in [1.29, 1.82) is 0 Å². The number of hydrogen-bond donors (Lipinski definition) is 3. The molecule has 5 N–H and O–H groups in total. The third-order valence-electron chi connectivity index (χ3n) is 3.45. The molecule has 0 heterocycles. The van der Waals surface area contributed by atoms with Gasteiger partial charge in [-0.15, -0.1) is 0 Å². The first kappa shape index (κ1) is 12.6. The lowest BCUT2D eigenvalue weighted by Gasteiger charge is -2.17. The summed E-state index contributed by atoms with van der Waals surface area (Å²) in [6.45, 7) is 2.21. The minimum atomic E-state index is 0.0626. The molecule has 0 saturated carbocycles. The van der Waals surface area contributed by atoms with Crippen LogP contribution in [-0.4, -0.2) is 19.1 Å². The van der Waals surface area contributed by atoms with Crippen molar-refractivity contribution in [1.82, 2.24) is 5.32 Å². The van der Waals surface area contributed by atoms with Gasteiger partial charge in [-0.05, 0) is 42.4 Å². The molecule has 0 aromatic heterocycles. The zero-order valence-corrected chi connectivity index (χ0v) is 10.4. The molecule has 2 rings (SSSR count). The van der Waals surface area contributed by atoms with Gasteiger partial charge >= 0.3 is 0 Å². The van der Waals surface area contributed by atoms with E-state index in [1.165, 1.54) is 31.2 Å². The Morgan fingerprint density at radius 2 is 1.94 bits per heavy atom. The normalized spacial score (nSPS) is 16.6. The molecule has 17 heavy (non-hydrogen) atoms. The lowest BCUT2D eigenvalue weighted by atomic mass is 9.90. The van der Waals surface area contributed by atoms with E-state index in [9.17, 15) is 0 Å². The Kier molecular flexibility index (Phi) is 4.54. The standard InChI is InChI=1S/C14H23N3/c15-8-14(16)10-17-9-11-5-6-12-3-1-2-4-13(12)7-11/h5-7,14,17H,1-4,8-10,15-16H2. The maximum Gasteiger partial charge on any atom is 0.0290 e. The van der Waals surface area contributed by atoms with E-state index in [2.05, 4.69) is 23.5 Å². The van der Waals surface area contributed by atoms with Crippen molar-refractivity contribution in [3.8, 4) is 0 Å². The Hall–Kier alpha value is -0.900. The van der Waals surface area contributed by atoms with Crippen molar-refractivity contribution in [2.75, 3.05) is 13.1 Å². The predicted octanol–water partition coefficient (Wildman–Crippen LogP) is 0.941. The van der Waals surface area contributed by atoms with Gasteiger partial charge in [0, 0.05) is 25.7 Å². The Balaban J connectivity index is 1.89. The first-order chi connectivity index (χ1) is 8.29. The molecule has 0 radical (unpaired) electrons. The number of fused-ring (bicyclic) bond motifs is 1. The van der Waals surface area contributed by atoms with E-state index in [1.807, 2.05) is 0 Å². The number of rotatable bonds is 5. The fourth-order valence-electron chi connectivity index (χ4n) is 2.38. The van der Waals surface area contributed by atoms with Gasteiger partial charge in [-0.2, -0.15) is 0 Å². The van der Waals surface area contributed by atoms with E-state index in [0.717, 1.165) is 13.1 Å². The van der Waals surface area contributed by atoms with E-state index in [-0.39, 0.29) is 6.04 Å². The highest BCUT2D eigenvalue weighted by molar-refractivity contribution is 5.33. The predicted molar refractivity (Wildman–Crippen MR) is 71.8 cm³/mol. The van der Waals surface area contributed by atoms with Crippen LogP contribution < -0.4 is 16.8 Å². The van der Waals surface area contributed by atoms with Crippen LogP contribution >= 0.6 is 0 Å². The first-order valence-electron chi connectivity index (χ1n) is 6.56. The Morgan fingerprint density at radius 3 is 2.71 bits per heavy atom. The molecule has 0 amide bonds. The number of hydrogen-bond acceptors (Lipinski definition) is 3. The van der Waals surface area contributed by atoms with Crippen LogP contribution in [0.4, 0.5) is 0 Å². The molecule has 0 spiro atoms. The fourth-order valence-corrected chi connectivity index (χ4v) is 2.38. The molecule has 94 valence electrons. The van der Waals surface area contributed by atoms with Crippen LogP contribution in [-0.2, 0) is 19.4 Å². The van der Waals surface area contributed by atoms with E-state index < -0.39 is 0 Å². The average molecular weight is 233 g/mol. The van der Waals surface area contributed by atoms with Gasteiger partial charge in [0.15, 0.2) is 0 Å². The van der Waals surface area contributed by atoms with Crippen LogP contribution in [0.25, 0.3) is 0 Å². The van der Waals surface area contributed by atoms with Gasteiger partial charge < -0.3 is 16.8 Å². The Morgan fingerprint density at radius 1 is 1.18 bits per heavy atom. The highest BCUT2D eigenvalue weighted by atomic mass is 14.9. The number of nitrogens with two attached hydrogens (primary N) is 2. The number of benzene rings is 1. The van der Waals surface area contributed by atoms with Gasteiger partial charge in [-0.25, -0.2) is 0 Å². The first-order valence-corrected chi connectivity index (χ1v) is 6.56. The SMILES string of the molecule is NCC(N)CNCc1ccc2c(c1)CCCC2. The summed E-state index contributed by atoms with van der Waals surface area (Å²) in [5, 5.41) is 3.35. The largest absolute Gasteiger partial charge is 0.329 e. The maximum atomic E-state index is 5.76. The summed E-state index contributed by atoms with van der Waals surface area (Å²) in [5.74, 6) is 0. The molecule has 0 bridgehead atoms. The number of aryl methyl sites for hydroxylation is 2. The summed E-state index contributed by atoms with van der Waals surface area (Å²) < 4.78 is 0. The molecular weight excluding hydrogens is 210 g/mol. The van der Waals surface area contributed by atoms with Crippen molar-refractivity contribution in [2.24, 2.45) is 11.5 Å². The molecule has 0 aliphatic heterocycles. The molecule has 3 heteroatoms. The Labute approximate surface area is 104 Å². The van der Waals surface area contributed by atoms with E-state index >= 15 is 0 Å². The summed E-state index contributed by atoms with van der Waals surface area (Å²) in [4.78, 5) is 0. The molecule has 3 nitrogen and oxygen atoms in total. The zero-order chi connectivity index (χ0) is 12.1. The second kappa shape index (κ2) is 6.15. The van der Waals surface area contributed by atoms with Crippen molar-refractivity contribution in [3.05, 3.63) is 34.9 Å². The molecule has 1 atom stereocenters. The monoisotopic (exact) mass is 233 g/mol. The van der Waals surface area contributed by atoms with Gasteiger partial charge in [0.1, 0.15) is 0 Å². The second-order valence-electron chi connectivity index (χ2n) is 4.94. The minimum absolute atomic E-state index is 0.0626. The van der Waals surface area contributed by atoms with Crippen LogP contribution in [0.15, 0.2) is 18.2 Å². The molecule has 1 aromatic carbocycles. The molecule has 0 fully saturated rings. The second-order valence-corrected chi connectivity index (χ2v) is 4.94. The third kappa shape index (κ3) is 3.53. The van der Waals surface area contributed by atoms with E-state index in [4.69, 9.17) is 11.5 Å². The highest BCUT2D eigenvalue weighted by Gasteiger charge is 2.09. The lowest BCUT2D eigenvalue weighted by molar-refractivity contribution is 0.581. The van der Waals surface area contributed by atoms with Gasteiger partial charge in [0.2, 0.25) is 0 Å². The van der Waals surface area contributed by atoms with Gasteiger partial charge in [0.05, 0.1) is 0 Å². The summed E-state index contributed by atoms with van der Waals surface area (Å²) in [6.07, 6.45) is 5.17. The van der Waals surface area contributed by atoms with Crippen LogP contribution in [0.3, 0.4) is 0 Å². The Bertz CT molecular complexity index is 362. The average Bonchev–Trinajstić information content (AvgIpc) is 2.38. The molecule has 1 aliphatic rings. The summed E-state index contributed by atoms with van der Waals surface area (Å²) in [6, 6.07) is 6.92. The topological polar surface area (TPSA) is 64.1 Å². The zero-order valence-electron chi connectivity index (χ0n) is 10.4. The summed E-state index contributed by atoms with van der Waals surface area (Å²) >= 11 is 0. The quantitative estimate of drug-likeness (QED) is 0.709. The van der Waals surface area contributed by atoms with E-state index in [0.29, 0.717) is 6.54 Å². The van der Waals surface area contributed by atoms with Crippen molar-refractivity contribution in [3.63, 3.8) is 0 Å². The molecule has 1 unspecified atom stereocenters. The minimum Gasteiger partial charge on any atom is -0.329 e. The van der Waals surface area contributed by atoms with Crippen molar-refractivity contribution in [2.45, 2.75) is 38.3 Å². The van der Waals surface area contributed by atoms with Gasteiger partial charge in [-0.1, -0.05) is 18.2 Å². The summed E-state index contributed by atoms with van der Waals surface area (Å²) in [7, 11) is 0.